The maximum Gasteiger partial charge on any atom is 0.410 e. The van der Waals surface area contributed by atoms with Crippen LogP contribution in [0.25, 0.3) is 11.0 Å². The van der Waals surface area contributed by atoms with Crippen LogP contribution in [-0.4, -0.2) is 57.8 Å². The van der Waals surface area contributed by atoms with Gasteiger partial charge in [-0.05, 0) is 33.3 Å². The van der Waals surface area contributed by atoms with Crippen molar-refractivity contribution in [2.75, 3.05) is 18.4 Å². The average molecular weight is 377 g/mol. The summed E-state index contributed by atoms with van der Waals surface area (Å²) in [5.74, 6) is -0.644. The highest BCUT2D eigenvalue weighted by Gasteiger charge is 2.34. The molecular weight excluding hydrogens is 353 g/mol. The largest absolute Gasteiger partial charge is 0.444 e. The Kier molecular flexibility index (Phi) is 4.95. The highest BCUT2D eigenvalue weighted by molar-refractivity contribution is 6.06. The van der Waals surface area contributed by atoms with E-state index in [1.807, 2.05) is 0 Å². The molecule has 1 fully saturated rings. The molecule has 0 radical (unpaired) electrons. The Labute approximate surface area is 156 Å². The molecule has 0 saturated carbocycles. The van der Waals surface area contributed by atoms with Gasteiger partial charge in [0.2, 0.25) is 0 Å². The van der Waals surface area contributed by atoms with E-state index in [4.69, 9.17) is 10.5 Å². The lowest BCUT2D eigenvalue weighted by atomic mass is 10.0. The fraction of sp³-hybridized carbons (Fsp3) is 0.500. The second-order valence-electron chi connectivity index (χ2n) is 7.63. The number of hydrogen-bond donors (Lipinski definition) is 3. The van der Waals surface area contributed by atoms with Crippen molar-refractivity contribution >= 4 is 28.7 Å². The highest BCUT2D eigenvalue weighted by Crippen LogP contribution is 2.28. The molecule has 0 aliphatic carbocycles. The fourth-order valence-corrected chi connectivity index (χ4v) is 3.10. The van der Waals surface area contributed by atoms with Crippen molar-refractivity contribution in [2.45, 2.75) is 45.0 Å². The van der Waals surface area contributed by atoms with Crippen LogP contribution in [0.2, 0.25) is 0 Å². The lowest BCUT2D eigenvalue weighted by Gasteiger charge is -2.36. The Balaban J connectivity index is 1.76. The smallest absolute Gasteiger partial charge is 0.410 e. The second-order valence-corrected chi connectivity index (χ2v) is 7.63. The number of pyridine rings is 1. The molecule has 3 heterocycles. The minimum Gasteiger partial charge on any atom is -0.444 e. The molecule has 0 spiro atoms. The van der Waals surface area contributed by atoms with E-state index >= 15 is 0 Å². The minimum atomic E-state index is -1.32. The first-order valence-electron chi connectivity index (χ1n) is 8.80. The first kappa shape index (κ1) is 18.9. The summed E-state index contributed by atoms with van der Waals surface area (Å²) in [5, 5.41) is 3.76. The number of carbonyl (C=O) groups excluding carboxylic acids is 2. The van der Waals surface area contributed by atoms with Crippen LogP contribution in [0.1, 0.15) is 37.6 Å². The van der Waals surface area contributed by atoms with Crippen LogP contribution in [-0.2, 0) is 4.74 Å². The Bertz CT molecular complexity index is 860. The number of piperidine rings is 1. The molecule has 3 rings (SSSR count). The van der Waals surface area contributed by atoms with Crippen LogP contribution in [0.5, 0.6) is 0 Å². The number of ether oxygens (including phenoxy) is 1. The molecule has 2 aromatic rings. The molecule has 27 heavy (non-hydrogen) atoms. The van der Waals surface area contributed by atoms with Gasteiger partial charge in [-0.15, -0.1) is 0 Å². The second kappa shape index (κ2) is 7.05. The molecule has 2 amide bonds. The quantitative estimate of drug-likeness (QED) is 0.760. The Morgan fingerprint density at radius 3 is 2.81 bits per heavy atom. The lowest BCUT2D eigenvalue weighted by Crippen LogP contribution is -2.51. The van der Waals surface area contributed by atoms with Gasteiger partial charge in [-0.25, -0.2) is 14.2 Å². The molecule has 2 atom stereocenters. The predicted octanol–water partition coefficient (Wildman–Crippen LogP) is 2.42. The molecule has 1 saturated heterocycles. The number of aromatic amines is 1. The molecule has 2 aromatic heterocycles. The van der Waals surface area contributed by atoms with Gasteiger partial charge < -0.3 is 25.7 Å². The number of hydrogen-bond acceptors (Lipinski definition) is 5. The normalized spacial score (nSPS) is 20.5. The molecule has 0 bridgehead atoms. The summed E-state index contributed by atoms with van der Waals surface area (Å²) in [7, 11) is 0. The van der Waals surface area contributed by atoms with Crippen LogP contribution in [0.4, 0.5) is 14.9 Å². The number of nitrogens with one attached hydrogen (secondary N) is 2. The number of fused-ring (bicyclic) bond motifs is 1. The number of likely N-dealkylation sites (tertiary alicyclic amines) is 1. The van der Waals surface area contributed by atoms with Crippen molar-refractivity contribution in [3.05, 3.63) is 24.0 Å². The van der Waals surface area contributed by atoms with E-state index < -0.39 is 29.8 Å². The highest BCUT2D eigenvalue weighted by atomic mass is 19.1. The Morgan fingerprint density at radius 1 is 1.44 bits per heavy atom. The van der Waals surface area contributed by atoms with Crippen LogP contribution < -0.4 is 11.1 Å². The number of primary amides is 1. The third-order valence-corrected chi connectivity index (χ3v) is 4.37. The number of H-pyrrole nitrogens is 1. The summed E-state index contributed by atoms with van der Waals surface area (Å²) >= 11 is 0. The van der Waals surface area contributed by atoms with Crippen molar-refractivity contribution in [1.29, 1.82) is 0 Å². The molecule has 0 unspecified atom stereocenters. The van der Waals surface area contributed by atoms with E-state index in [1.54, 1.807) is 33.0 Å². The maximum absolute atomic E-state index is 14.8. The van der Waals surface area contributed by atoms with E-state index in [0.717, 1.165) is 0 Å². The number of anilines is 1. The summed E-state index contributed by atoms with van der Waals surface area (Å²) in [6.45, 7) is 5.56. The van der Waals surface area contributed by atoms with Gasteiger partial charge in [0.05, 0.1) is 23.8 Å². The molecule has 8 nitrogen and oxygen atoms in total. The summed E-state index contributed by atoms with van der Waals surface area (Å²) < 4.78 is 20.1. The third kappa shape index (κ3) is 4.12. The number of nitrogens with zero attached hydrogens (tertiary/aromatic N) is 2. The molecule has 146 valence electrons. The molecule has 4 N–H and O–H groups in total. The zero-order chi connectivity index (χ0) is 19.8. The Morgan fingerprint density at radius 2 is 2.19 bits per heavy atom. The number of rotatable bonds is 3. The number of alkyl halides is 1. The maximum atomic E-state index is 14.8. The average Bonchev–Trinajstić information content (AvgIpc) is 3.03. The fourth-order valence-electron chi connectivity index (χ4n) is 3.10. The minimum absolute atomic E-state index is 0.0835. The SMILES string of the molecule is CC(C)(C)OC(=O)N1CC[C@@H](Nc2c(C(N)=O)cnc3[nH]ccc23)[C@@H](F)C1. The molecule has 9 heteroatoms. The van der Waals surface area contributed by atoms with Gasteiger partial charge in [0.1, 0.15) is 17.4 Å². The monoisotopic (exact) mass is 377 g/mol. The topological polar surface area (TPSA) is 113 Å². The molecular formula is C18H24FN5O3. The van der Waals surface area contributed by atoms with Crippen molar-refractivity contribution in [2.24, 2.45) is 5.73 Å². The number of carbonyl (C=O) groups is 2. The van der Waals surface area contributed by atoms with Crippen LogP contribution in [0.15, 0.2) is 18.5 Å². The van der Waals surface area contributed by atoms with Crippen LogP contribution in [0.3, 0.4) is 0 Å². The predicted molar refractivity (Wildman–Crippen MR) is 99.3 cm³/mol. The van der Waals surface area contributed by atoms with E-state index in [0.29, 0.717) is 29.7 Å². The van der Waals surface area contributed by atoms with Gasteiger partial charge in [0, 0.05) is 24.3 Å². The van der Waals surface area contributed by atoms with Crippen molar-refractivity contribution in [1.82, 2.24) is 14.9 Å². The zero-order valence-corrected chi connectivity index (χ0v) is 15.6. The number of amides is 2. The molecule has 1 aliphatic rings. The van der Waals surface area contributed by atoms with E-state index in [1.165, 1.54) is 11.1 Å². The summed E-state index contributed by atoms with van der Waals surface area (Å²) in [6.07, 6.45) is 1.57. The van der Waals surface area contributed by atoms with Gasteiger partial charge in [-0.1, -0.05) is 0 Å². The standard InChI is InChI=1S/C18H24FN5O3/c1-18(2,3)27-17(26)24-7-5-13(12(19)9-24)23-14-10-4-6-21-16(10)22-8-11(14)15(20)25/h4,6,8,12-13H,5,7,9H2,1-3H3,(H2,20,25)(H2,21,22,23)/t12-,13+/m0/s1. The summed E-state index contributed by atoms with van der Waals surface area (Å²) in [4.78, 5) is 32.4. The van der Waals surface area contributed by atoms with Gasteiger partial charge >= 0.3 is 6.09 Å². The first-order valence-corrected chi connectivity index (χ1v) is 8.80. The third-order valence-electron chi connectivity index (χ3n) is 4.37. The zero-order valence-electron chi connectivity index (χ0n) is 15.6. The molecule has 0 aromatic carbocycles. The van der Waals surface area contributed by atoms with Gasteiger partial charge in [0.25, 0.3) is 5.91 Å². The van der Waals surface area contributed by atoms with E-state index in [9.17, 15) is 14.0 Å². The number of halogens is 1. The van der Waals surface area contributed by atoms with Gasteiger partial charge in [-0.2, -0.15) is 0 Å². The van der Waals surface area contributed by atoms with E-state index in [-0.39, 0.29) is 12.1 Å². The van der Waals surface area contributed by atoms with Gasteiger partial charge in [0.15, 0.2) is 0 Å². The van der Waals surface area contributed by atoms with Crippen LogP contribution >= 0.6 is 0 Å². The van der Waals surface area contributed by atoms with Crippen molar-refractivity contribution in [3.63, 3.8) is 0 Å². The summed E-state index contributed by atoms with van der Waals surface area (Å²) in [5.41, 5.74) is 6.03. The summed E-state index contributed by atoms with van der Waals surface area (Å²) in [6, 6.07) is 1.18. The Hall–Kier alpha value is -2.84. The number of aromatic nitrogens is 2. The number of nitrogens with two attached hydrogens (primary N) is 1. The van der Waals surface area contributed by atoms with Gasteiger partial charge in [-0.3, -0.25) is 4.79 Å². The van der Waals surface area contributed by atoms with E-state index in [2.05, 4.69) is 15.3 Å². The first-order chi connectivity index (χ1) is 12.7. The van der Waals surface area contributed by atoms with Crippen molar-refractivity contribution < 1.29 is 18.7 Å². The van der Waals surface area contributed by atoms with Crippen LogP contribution in [0, 0.1) is 0 Å². The molecule has 1 aliphatic heterocycles. The lowest BCUT2D eigenvalue weighted by molar-refractivity contribution is 0.0125. The van der Waals surface area contributed by atoms with Crippen molar-refractivity contribution in [3.8, 4) is 0 Å².